The number of hydrogen-bond acceptors (Lipinski definition) is 4. The molecule has 0 saturated carbocycles. The van der Waals surface area contributed by atoms with Crippen molar-refractivity contribution in [1.82, 2.24) is 15.5 Å². The molecule has 142 valence electrons. The topological polar surface area (TPSA) is 66.0 Å². The van der Waals surface area contributed by atoms with Gasteiger partial charge in [0.15, 0.2) is 5.96 Å². The number of morpholine rings is 1. The van der Waals surface area contributed by atoms with E-state index in [1.54, 1.807) is 7.05 Å². The van der Waals surface area contributed by atoms with Gasteiger partial charge >= 0.3 is 0 Å². The van der Waals surface area contributed by atoms with Gasteiger partial charge in [0.1, 0.15) is 0 Å². The van der Waals surface area contributed by atoms with Crippen LogP contribution in [0.4, 0.5) is 0 Å². The van der Waals surface area contributed by atoms with Crippen LogP contribution in [0, 0.1) is 5.92 Å². The summed E-state index contributed by atoms with van der Waals surface area (Å²) in [5.74, 6) is 2.03. The minimum Gasteiger partial charge on any atom is -0.374 e. The molecule has 0 bridgehead atoms. The maximum atomic E-state index is 12.0. The van der Waals surface area contributed by atoms with Gasteiger partial charge in [-0.05, 0) is 26.7 Å². The molecule has 1 rings (SSSR count). The second-order valence-corrected chi connectivity index (χ2v) is 10.0. The summed E-state index contributed by atoms with van der Waals surface area (Å²) in [5.41, 5.74) is 0. The largest absolute Gasteiger partial charge is 0.374 e. The lowest BCUT2D eigenvalue weighted by atomic mass is 10.2. The Bertz CT molecular complexity index is 421. The van der Waals surface area contributed by atoms with E-state index in [4.69, 9.17) is 4.74 Å². The molecular weight excluding hydrogens is 324 g/mol. The summed E-state index contributed by atoms with van der Waals surface area (Å²) in [7, 11) is 0.902. The molecule has 1 fully saturated rings. The maximum absolute atomic E-state index is 12.0. The predicted molar refractivity (Wildman–Crippen MR) is 103 cm³/mol. The summed E-state index contributed by atoms with van der Waals surface area (Å²) >= 11 is 0. The van der Waals surface area contributed by atoms with Crippen molar-refractivity contribution in [3.8, 4) is 0 Å². The average molecular weight is 361 g/mol. The fourth-order valence-corrected chi connectivity index (χ4v) is 3.49. The second kappa shape index (κ2) is 10.4. The Hall–Kier alpha value is -0.660. The van der Waals surface area contributed by atoms with Crippen LogP contribution in [0.3, 0.4) is 0 Å². The molecule has 0 aromatic heterocycles. The average Bonchev–Trinajstić information content (AvgIpc) is 2.49. The van der Waals surface area contributed by atoms with Gasteiger partial charge in [-0.1, -0.05) is 13.8 Å². The van der Waals surface area contributed by atoms with Crippen LogP contribution in [-0.2, 0) is 15.5 Å². The third-order valence-corrected chi connectivity index (χ3v) is 5.77. The van der Waals surface area contributed by atoms with E-state index in [1.807, 2.05) is 20.8 Å². The molecule has 0 amide bonds. The fourth-order valence-electron chi connectivity index (χ4n) is 2.59. The highest BCUT2D eigenvalue weighted by Gasteiger charge is 2.21. The van der Waals surface area contributed by atoms with Gasteiger partial charge in [-0.3, -0.25) is 14.1 Å². The molecule has 0 spiro atoms. The minimum atomic E-state index is -0.851. The Kier molecular flexibility index (Phi) is 9.23. The summed E-state index contributed by atoms with van der Waals surface area (Å²) in [6.07, 6.45) is 0.180. The van der Waals surface area contributed by atoms with Crippen LogP contribution in [0.15, 0.2) is 4.99 Å². The molecule has 0 aliphatic carbocycles. The molecule has 2 N–H and O–H groups in total. The summed E-state index contributed by atoms with van der Waals surface area (Å²) in [5, 5.41) is 6.55. The van der Waals surface area contributed by atoms with E-state index in [2.05, 4.69) is 34.4 Å². The van der Waals surface area contributed by atoms with Crippen molar-refractivity contribution in [2.45, 2.75) is 45.5 Å². The number of ether oxygens (including phenoxy) is 1. The standard InChI is InChI=1S/C17H36N4O2S/c1-14(2)12-21-8-9-23-15(13-21)11-20-16(18-6)19-7-10-24(22)17(3,4)5/h14-15H,7-13H2,1-6H3,(H2,18,19,20). The van der Waals surface area contributed by atoms with Crippen LogP contribution in [-0.4, -0.2) is 78.1 Å². The molecule has 7 heteroatoms. The molecule has 24 heavy (non-hydrogen) atoms. The van der Waals surface area contributed by atoms with Crippen LogP contribution in [0.1, 0.15) is 34.6 Å². The summed E-state index contributed by atoms with van der Waals surface area (Å²) < 4.78 is 17.7. The number of aliphatic imine (C=N–C) groups is 1. The molecular formula is C17H36N4O2S. The van der Waals surface area contributed by atoms with E-state index in [0.29, 0.717) is 18.2 Å². The van der Waals surface area contributed by atoms with Gasteiger partial charge in [-0.15, -0.1) is 0 Å². The van der Waals surface area contributed by atoms with E-state index in [-0.39, 0.29) is 10.9 Å². The monoisotopic (exact) mass is 360 g/mol. The first-order valence-corrected chi connectivity index (χ1v) is 10.2. The molecule has 2 atom stereocenters. The summed E-state index contributed by atoms with van der Waals surface area (Å²) in [6.45, 7) is 15.7. The van der Waals surface area contributed by atoms with E-state index in [0.717, 1.165) is 38.7 Å². The first-order valence-electron chi connectivity index (χ1n) is 8.89. The molecule has 2 unspecified atom stereocenters. The first kappa shape index (κ1) is 21.4. The quantitative estimate of drug-likeness (QED) is 0.525. The number of nitrogens with one attached hydrogen (secondary N) is 2. The molecule has 1 saturated heterocycles. The Labute approximate surface area is 150 Å². The smallest absolute Gasteiger partial charge is 0.191 e. The van der Waals surface area contributed by atoms with E-state index < -0.39 is 10.8 Å². The zero-order chi connectivity index (χ0) is 18.2. The number of rotatable bonds is 7. The van der Waals surface area contributed by atoms with Gasteiger partial charge in [0, 0.05) is 61.1 Å². The number of nitrogens with zero attached hydrogens (tertiary/aromatic N) is 2. The van der Waals surface area contributed by atoms with Crippen molar-refractivity contribution < 1.29 is 8.95 Å². The minimum absolute atomic E-state index is 0.172. The normalized spacial score (nSPS) is 21.8. The highest BCUT2D eigenvalue weighted by Crippen LogP contribution is 2.10. The zero-order valence-electron chi connectivity index (χ0n) is 16.2. The lowest BCUT2D eigenvalue weighted by Crippen LogP contribution is -2.50. The van der Waals surface area contributed by atoms with Crippen molar-refractivity contribution in [3.05, 3.63) is 0 Å². The predicted octanol–water partition coefficient (Wildman–Crippen LogP) is 1.06. The van der Waals surface area contributed by atoms with Gasteiger partial charge in [0.2, 0.25) is 0 Å². The fraction of sp³-hybridized carbons (Fsp3) is 0.941. The van der Waals surface area contributed by atoms with Gasteiger partial charge in [0.25, 0.3) is 0 Å². The Morgan fingerprint density at radius 3 is 2.67 bits per heavy atom. The number of hydrogen-bond donors (Lipinski definition) is 2. The van der Waals surface area contributed by atoms with Gasteiger partial charge < -0.3 is 15.4 Å². The highest BCUT2D eigenvalue weighted by atomic mass is 32.2. The molecule has 0 aromatic rings. The van der Waals surface area contributed by atoms with Crippen molar-refractivity contribution in [2.24, 2.45) is 10.9 Å². The Morgan fingerprint density at radius 1 is 1.38 bits per heavy atom. The third-order valence-electron chi connectivity index (χ3n) is 3.83. The molecule has 1 aliphatic rings. The SMILES string of the molecule is CN=C(NCCS(=O)C(C)(C)C)NCC1CN(CC(C)C)CCO1. The lowest BCUT2D eigenvalue weighted by molar-refractivity contribution is -0.0284. The van der Waals surface area contributed by atoms with E-state index in [1.165, 1.54) is 0 Å². The molecule has 0 aromatic carbocycles. The van der Waals surface area contributed by atoms with Crippen molar-refractivity contribution in [1.29, 1.82) is 0 Å². The Morgan fingerprint density at radius 2 is 2.08 bits per heavy atom. The summed E-state index contributed by atoms with van der Waals surface area (Å²) in [6, 6.07) is 0. The van der Waals surface area contributed by atoms with Gasteiger partial charge in [-0.2, -0.15) is 0 Å². The third kappa shape index (κ3) is 8.44. The zero-order valence-corrected chi connectivity index (χ0v) is 17.0. The maximum Gasteiger partial charge on any atom is 0.191 e. The van der Waals surface area contributed by atoms with Gasteiger partial charge in [0.05, 0.1) is 12.7 Å². The molecule has 1 heterocycles. The van der Waals surface area contributed by atoms with Gasteiger partial charge in [-0.25, -0.2) is 0 Å². The number of guanidine groups is 1. The lowest BCUT2D eigenvalue weighted by Gasteiger charge is -2.34. The Balaban J connectivity index is 2.30. The van der Waals surface area contributed by atoms with Crippen molar-refractivity contribution in [2.75, 3.05) is 52.1 Å². The highest BCUT2D eigenvalue weighted by molar-refractivity contribution is 7.86. The molecule has 1 aliphatic heterocycles. The van der Waals surface area contributed by atoms with Crippen molar-refractivity contribution >= 4 is 16.8 Å². The van der Waals surface area contributed by atoms with Crippen LogP contribution >= 0.6 is 0 Å². The van der Waals surface area contributed by atoms with Crippen LogP contribution in [0.5, 0.6) is 0 Å². The van der Waals surface area contributed by atoms with Crippen LogP contribution < -0.4 is 10.6 Å². The molecule has 0 radical (unpaired) electrons. The van der Waals surface area contributed by atoms with Crippen molar-refractivity contribution in [3.63, 3.8) is 0 Å². The van der Waals surface area contributed by atoms with E-state index >= 15 is 0 Å². The van der Waals surface area contributed by atoms with Crippen LogP contribution in [0.25, 0.3) is 0 Å². The summed E-state index contributed by atoms with van der Waals surface area (Å²) in [4.78, 5) is 6.69. The second-order valence-electron chi connectivity index (χ2n) is 7.69. The van der Waals surface area contributed by atoms with E-state index in [9.17, 15) is 4.21 Å². The molecule has 6 nitrogen and oxygen atoms in total. The first-order chi connectivity index (χ1) is 11.2. The van der Waals surface area contributed by atoms with Crippen LogP contribution in [0.2, 0.25) is 0 Å².